The van der Waals surface area contributed by atoms with E-state index in [0.717, 1.165) is 25.3 Å². The summed E-state index contributed by atoms with van der Waals surface area (Å²) in [6.07, 6.45) is 1.84. The minimum absolute atomic E-state index is 0.150. The maximum absolute atomic E-state index is 6.22. The van der Waals surface area contributed by atoms with Crippen LogP contribution >= 0.6 is 0 Å². The van der Waals surface area contributed by atoms with E-state index < -0.39 is 0 Å². The molecule has 3 nitrogen and oxygen atoms in total. The number of aromatic nitrogens is 1. The number of nitrogens with two attached hydrogens (primary N) is 1. The van der Waals surface area contributed by atoms with Crippen molar-refractivity contribution < 1.29 is 0 Å². The van der Waals surface area contributed by atoms with Gasteiger partial charge in [0.25, 0.3) is 0 Å². The van der Waals surface area contributed by atoms with Crippen LogP contribution in [-0.4, -0.2) is 29.0 Å². The Hall–Kier alpha value is -0.930. The van der Waals surface area contributed by atoms with Crippen LogP contribution in [0.5, 0.6) is 0 Å². The summed E-state index contributed by atoms with van der Waals surface area (Å²) in [5.41, 5.74) is 7.48. The fourth-order valence-corrected chi connectivity index (χ4v) is 1.58. The highest BCUT2D eigenvalue weighted by Gasteiger charge is 2.22. The molecule has 0 aliphatic carbocycles. The number of pyridine rings is 1. The Kier molecular flexibility index (Phi) is 5.09. The van der Waals surface area contributed by atoms with Gasteiger partial charge in [0.1, 0.15) is 0 Å². The fraction of sp³-hybridized carbons (Fsp3) is 0.643. The lowest BCUT2D eigenvalue weighted by atomic mass is 9.87. The average Bonchev–Trinajstić information content (AvgIpc) is 2.28. The third-order valence-electron chi connectivity index (χ3n) is 3.13. The molecule has 0 bridgehead atoms. The van der Waals surface area contributed by atoms with E-state index in [-0.39, 0.29) is 11.5 Å². The Morgan fingerprint density at radius 1 is 1.35 bits per heavy atom. The van der Waals surface area contributed by atoms with Gasteiger partial charge < -0.3 is 5.73 Å². The zero-order valence-corrected chi connectivity index (χ0v) is 11.5. The largest absolute Gasteiger partial charge is 0.326 e. The first-order valence-electron chi connectivity index (χ1n) is 6.31. The number of rotatable bonds is 5. The molecule has 0 aromatic carbocycles. The topological polar surface area (TPSA) is 42.2 Å². The third kappa shape index (κ3) is 4.84. The molecule has 0 spiro atoms. The summed E-state index contributed by atoms with van der Waals surface area (Å²) in [6.45, 7) is 11.5. The van der Waals surface area contributed by atoms with Gasteiger partial charge in [-0.1, -0.05) is 33.8 Å². The molecule has 1 heterocycles. The maximum Gasteiger partial charge on any atom is 0.0543 e. The second kappa shape index (κ2) is 6.12. The van der Waals surface area contributed by atoms with E-state index >= 15 is 0 Å². The van der Waals surface area contributed by atoms with Gasteiger partial charge in [-0.3, -0.25) is 9.88 Å². The molecule has 2 N–H and O–H groups in total. The molecule has 1 aromatic rings. The van der Waals surface area contributed by atoms with Crippen molar-refractivity contribution in [1.29, 1.82) is 0 Å². The van der Waals surface area contributed by atoms with Crippen LogP contribution < -0.4 is 5.73 Å². The van der Waals surface area contributed by atoms with E-state index in [4.69, 9.17) is 5.73 Å². The average molecular weight is 235 g/mol. The molecule has 0 fully saturated rings. The second-order valence-electron chi connectivity index (χ2n) is 5.62. The normalized spacial score (nSPS) is 14.0. The molecule has 0 radical (unpaired) electrons. The van der Waals surface area contributed by atoms with Gasteiger partial charge in [-0.2, -0.15) is 0 Å². The van der Waals surface area contributed by atoms with Gasteiger partial charge in [0.15, 0.2) is 0 Å². The number of nitrogens with zero attached hydrogens (tertiary/aromatic N) is 2. The summed E-state index contributed by atoms with van der Waals surface area (Å²) >= 11 is 0. The van der Waals surface area contributed by atoms with Gasteiger partial charge in [-0.05, 0) is 24.1 Å². The molecule has 1 unspecified atom stereocenters. The van der Waals surface area contributed by atoms with Crippen LogP contribution in [0.2, 0.25) is 0 Å². The van der Waals surface area contributed by atoms with Crippen molar-refractivity contribution in [3.8, 4) is 0 Å². The molecule has 0 aliphatic heterocycles. The van der Waals surface area contributed by atoms with Crippen molar-refractivity contribution in [2.45, 2.75) is 40.3 Å². The molecular weight excluding hydrogens is 210 g/mol. The standard InChI is InChI=1S/C14H25N3/c1-5-17(11-13(15)14(2,3)4)10-12-8-6-7-9-16-12/h6-9,13H,5,10-11,15H2,1-4H3. The molecule has 0 amide bonds. The Labute approximate surface area is 105 Å². The predicted octanol–water partition coefficient (Wildman–Crippen LogP) is 2.28. The number of likely N-dealkylation sites (N-methyl/N-ethyl adjacent to an activating group) is 1. The highest BCUT2D eigenvalue weighted by atomic mass is 15.1. The van der Waals surface area contributed by atoms with Crippen LogP contribution in [0.25, 0.3) is 0 Å². The van der Waals surface area contributed by atoms with Crippen LogP contribution in [0.4, 0.5) is 0 Å². The van der Waals surface area contributed by atoms with Gasteiger partial charge >= 0.3 is 0 Å². The third-order valence-corrected chi connectivity index (χ3v) is 3.13. The molecular formula is C14H25N3. The van der Waals surface area contributed by atoms with Crippen LogP contribution in [0, 0.1) is 5.41 Å². The van der Waals surface area contributed by atoms with Crippen molar-refractivity contribution in [2.75, 3.05) is 13.1 Å². The smallest absolute Gasteiger partial charge is 0.0543 e. The predicted molar refractivity (Wildman–Crippen MR) is 72.6 cm³/mol. The molecule has 3 heteroatoms. The number of hydrogen-bond acceptors (Lipinski definition) is 3. The summed E-state index contributed by atoms with van der Waals surface area (Å²) in [6, 6.07) is 6.22. The van der Waals surface area contributed by atoms with Crippen molar-refractivity contribution in [3.63, 3.8) is 0 Å². The molecule has 0 saturated carbocycles. The Morgan fingerprint density at radius 3 is 2.53 bits per heavy atom. The lowest BCUT2D eigenvalue weighted by Gasteiger charge is -2.32. The van der Waals surface area contributed by atoms with Crippen LogP contribution in [0.1, 0.15) is 33.4 Å². The van der Waals surface area contributed by atoms with Crippen molar-refractivity contribution in [2.24, 2.45) is 11.1 Å². The molecule has 0 saturated heterocycles. The van der Waals surface area contributed by atoms with Gasteiger partial charge in [0, 0.05) is 25.3 Å². The van der Waals surface area contributed by atoms with Gasteiger partial charge in [-0.25, -0.2) is 0 Å². The molecule has 17 heavy (non-hydrogen) atoms. The van der Waals surface area contributed by atoms with Crippen molar-refractivity contribution in [3.05, 3.63) is 30.1 Å². The van der Waals surface area contributed by atoms with Crippen LogP contribution in [0.3, 0.4) is 0 Å². The Bertz CT molecular complexity index is 316. The van der Waals surface area contributed by atoms with Crippen LogP contribution in [0.15, 0.2) is 24.4 Å². The lowest BCUT2D eigenvalue weighted by Crippen LogP contribution is -2.45. The van der Waals surface area contributed by atoms with Gasteiger partial charge in [-0.15, -0.1) is 0 Å². The molecule has 0 aliphatic rings. The molecule has 1 rings (SSSR count). The molecule has 1 atom stereocenters. The Morgan fingerprint density at radius 2 is 2.06 bits per heavy atom. The summed E-state index contributed by atoms with van der Waals surface area (Å²) in [7, 11) is 0. The van der Waals surface area contributed by atoms with Crippen molar-refractivity contribution >= 4 is 0 Å². The second-order valence-corrected chi connectivity index (χ2v) is 5.62. The van der Waals surface area contributed by atoms with E-state index in [0.29, 0.717) is 0 Å². The first kappa shape index (κ1) is 14.1. The SMILES string of the molecule is CCN(Cc1ccccn1)CC(N)C(C)(C)C. The van der Waals surface area contributed by atoms with E-state index in [1.165, 1.54) is 0 Å². The quantitative estimate of drug-likeness (QED) is 0.851. The minimum atomic E-state index is 0.150. The van der Waals surface area contributed by atoms with E-state index in [9.17, 15) is 0 Å². The maximum atomic E-state index is 6.22. The first-order valence-corrected chi connectivity index (χ1v) is 6.31. The van der Waals surface area contributed by atoms with Gasteiger partial charge in [0.2, 0.25) is 0 Å². The monoisotopic (exact) mass is 235 g/mol. The lowest BCUT2D eigenvalue weighted by molar-refractivity contribution is 0.198. The van der Waals surface area contributed by atoms with E-state index in [1.54, 1.807) is 0 Å². The number of hydrogen-bond donors (Lipinski definition) is 1. The summed E-state index contributed by atoms with van der Waals surface area (Å²) in [4.78, 5) is 6.70. The van der Waals surface area contributed by atoms with Crippen molar-refractivity contribution in [1.82, 2.24) is 9.88 Å². The van der Waals surface area contributed by atoms with Gasteiger partial charge in [0.05, 0.1) is 5.69 Å². The highest BCUT2D eigenvalue weighted by Crippen LogP contribution is 2.18. The minimum Gasteiger partial charge on any atom is -0.326 e. The van der Waals surface area contributed by atoms with E-state index in [1.807, 2.05) is 18.3 Å². The highest BCUT2D eigenvalue weighted by molar-refractivity contribution is 5.03. The Balaban J connectivity index is 2.55. The summed E-state index contributed by atoms with van der Waals surface area (Å²) in [5.74, 6) is 0. The molecule has 96 valence electrons. The zero-order chi connectivity index (χ0) is 12.9. The van der Waals surface area contributed by atoms with Crippen LogP contribution in [-0.2, 0) is 6.54 Å². The zero-order valence-electron chi connectivity index (χ0n) is 11.5. The summed E-state index contributed by atoms with van der Waals surface area (Å²) < 4.78 is 0. The molecule has 1 aromatic heterocycles. The van der Waals surface area contributed by atoms with E-state index in [2.05, 4.69) is 43.6 Å². The summed E-state index contributed by atoms with van der Waals surface area (Å²) in [5, 5.41) is 0. The fourth-order valence-electron chi connectivity index (χ4n) is 1.58. The first-order chi connectivity index (χ1) is 7.93.